The van der Waals surface area contributed by atoms with Crippen molar-refractivity contribution >= 4 is 35.1 Å². The van der Waals surface area contributed by atoms with Crippen molar-refractivity contribution in [3.05, 3.63) is 53.6 Å². The molecule has 9 heteroatoms. The molecule has 3 aromatic rings. The van der Waals surface area contributed by atoms with Crippen molar-refractivity contribution in [2.45, 2.75) is 12.5 Å². The lowest BCUT2D eigenvalue weighted by Gasteiger charge is -2.22. The molecule has 1 atom stereocenters. The van der Waals surface area contributed by atoms with Crippen LogP contribution in [-0.2, 0) is 9.59 Å². The van der Waals surface area contributed by atoms with E-state index in [2.05, 4.69) is 20.7 Å². The lowest BCUT2D eigenvalue weighted by atomic mass is 10.1. The van der Waals surface area contributed by atoms with Crippen LogP contribution < -0.4 is 15.4 Å². The molecule has 0 fully saturated rings. The van der Waals surface area contributed by atoms with E-state index in [0.29, 0.717) is 22.3 Å². The molecule has 2 N–H and O–H groups in total. The van der Waals surface area contributed by atoms with Gasteiger partial charge < -0.3 is 10.1 Å². The number of anilines is 2. The Morgan fingerprint density at radius 1 is 1.29 bits per heavy atom. The van der Waals surface area contributed by atoms with Gasteiger partial charge in [0.25, 0.3) is 0 Å². The zero-order valence-corrected chi connectivity index (χ0v) is 15.6. The van der Waals surface area contributed by atoms with E-state index in [1.165, 1.54) is 4.68 Å². The number of aromatic nitrogens is 3. The topological polar surface area (TPSA) is 98.1 Å². The van der Waals surface area contributed by atoms with Gasteiger partial charge in [-0.2, -0.15) is 4.98 Å². The Morgan fingerprint density at radius 3 is 2.82 bits per heavy atom. The standard InChI is InChI=1S/C19H16ClN5O3/c1-28-14-4-2-3-13(9-14)21-18(27)15-10-16(26)22-19-23-17(24-25(15)19)11-5-7-12(20)8-6-11/h2-9,15H,10H2,1H3,(H,21,27)(H,22,23,24,26). The van der Waals surface area contributed by atoms with E-state index in [9.17, 15) is 9.59 Å². The molecule has 4 rings (SSSR count). The third kappa shape index (κ3) is 3.54. The SMILES string of the molecule is COc1cccc(NC(=O)C2CC(=O)Nc3nc(-c4ccc(Cl)cc4)nn32)c1. The van der Waals surface area contributed by atoms with E-state index in [0.717, 1.165) is 5.56 Å². The summed E-state index contributed by atoms with van der Waals surface area (Å²) in [5, 5.41) is 10.5. The second-order valence-electron chi connectivity index (χ2n) is 6.20. The van der Waals surface area contributed by atoms with E-state index in [-0.39, 0.29) is 24.2 Å². The predicted octanol–water partition coefficient (Wildman–Crippen LogP) is 3.13. The van der Waals surface area contributed by atoms with Crippen molar-refractivity contribution < 1.29 is 14.3 Å². The molecule has 2 amide bonds. The quantitative estimate of drug-likeness (QED) is 0.704. The summed E-state index contributed by atoms with van der Waals surface area (Å²) in [6, 6.07) is 13.2. The number of hydrogen-bond donors (Lipinski definition) is 2. The molecular formula is C19H16ClN5O3. The van der Waals surface area contributed by atoms with Crippen LogP contribution in [0, 0.1) is 0 Å². The van der Waals surface area contributed by atoms with Gasteiger partial charge in [-0.3, -0.25) is 14.9 Å². The number of carbonyl (C=O) groups excluding carboxylic acids is 2. The van der Waals surface area contributed by atoms with Crippen LogP contribution in [0.1, 0.15) is 12.5 Å². The maximum atomic E-state index is 12.8. The zero-order chi connectivity index (χ0) is 19.7. The van der Waals surface area contributed by atoms with E-state index in [1.54, 1.807) is 55.6 Å². The zero-order valence-electron chi connectivity index (χ0n) is 14.8. The summed E-state index contributed by atoms with van der Waals surface area (Å²) < 4.78 is 6.59. The Hall–Kier alpha value is -3.39. The molecule has 28 heavy (non-hydrogen) atoms. The van der Waals surface area contributed by atoms with E-state index < -0.39 is 6.04 Å². The Bertz CT molecular complexity index is 1050. The minimum Gasteiger partial charge on any atom is -0.497 e. The number of methoxy groups -OCH3 is 1. The van der Waals surface area contributed by atoms with E-state index in [1.807, 2.05) is 0 Å². The molecule has 142 valence electrons. The van der Waals surface area contributed by atoms with Gasteiger partial charge >= 0.3 is 0 Å². The fourth-order valence-corrected chi connectivity index (χ4v) is 3.04. The number of hydrogen-bond acceptors (Lipinski definition) is 5. The number of halogens is 1. The summed E-state index contributed by atoms with van der Waals surface area (Å²) >= 11 is 5.92. The van der Waals surface area contributed by atoms with Crippen LogP contribution in [0.2, 0.25) is 5.02 Å². The van der Waals surface area contributed by atoms with Gasteiger partial charge in [0, 0.05) is 22.3 Å². The summed E-state index contributed by atoms with van der Waals surface area (Å²) in [6.45, 7) is 0. The predicted molar refractivity (Wildman–Crippen MR) is 104 cm³/mol. The van der Waals surface area contributed by atoms with Crippen LogP contribution in [0.5, 0.6) is 5.75 Å². The van der Waals surface area contributed by atoms with Crippen molar-refractivity contribution in [1.29, 1.82) is 0 Å². The molecular weight excluding hydrogens is 382 g/mol. The second-order valence-corrected chi connectivity index (χ2v) is 6.64. The molecule has 1 aromatic heterocycles. The Balaban J connectivity index is 1.63. The highest BCUT2D eigenvalue weighted by atomic mass is 35.5. The van der Waals surface area contributed by atoms with Crippen LogP contribution in [0.25, 0.3) is 11.4 Å². The number of benzene rings is 2. The van der Waals surface area contributed by atoms with Gasteiger partial charge in [-0.15, -0.1) is 5.10 Å². The van der Waals surface area contributed by atoms with E-state index >= 15 is 0 Å². The normalized spacial score (nSPS) is 15.5. The van der Waals surface area contributed by atoms with Crippen LogP contribution in [0.15, 0.2) is 48.5 Å². The summed E-state index contributed by atoms with van der Waals surface area (Å²) in [5.41, 5.74) is 1.29. The molecule has 0 saturated heterocycles. The summed E-state index contributed by atoms with van der Waals surface area (Å²) in [5.74, 6) is 0.580. The Labute approximate surface area is 165 Å². The van der Waals surface area contributed by atoms with Gasteiger partial charge in [0.2, 0.25) is 17.8 Å². The van der Waals surface area contributed by atoms with Crippen LogP contribution in [0.3, 0.4) is 0 Å². The number of carbonyl (C=O) groups is 2. The van der Waals surface area contributed by atoms with Gasteiger partial charge in [-0.25, -0.2) is 4.68 Å². The second kappa shape index (κ2) is 7.32. The first-order chi connectivity index (χ1) is 13.5. The summed E-state index contributed by atoms with van der Waals surface area (Å²) in [4.78, 5) is 29.2. The van der Waals surface area contributed by atoms with Crippen molar-refractivity contribution in [2.24, 2.45) is 0 Å². The molecule has 0 aliphatic carbocycles. The van der Waals surface area contributed by atoms with Gasteiger partial charge in [-0.1, -0.05) is 17.7 Å². The third-order valence-corrected chi connectivity index (χ3v) is 4.55. The van der Waals surface area contributed by atoms with Gasteiger partial charge in [0.1, 0.15) is 11.8 Å². The van der Waals surface area contributed by atoms with Crippen LogP contribution >= 0.6 is 11.6 Å². The van der Waals surface area contributed by atoms with Crippen molar-refractivity contribution in [1.82, 2.24) is 14.8 Å². The molecule has 2 heterocycles. The minimum atomic E-state index is -0.816. The fourth-order valence-electron chi connectivity index (χ4n) is 2.92. The maximum Gasteiger partial charge on any atom is 0.249 e. The Kier molecular flexibility index (Phi) is 4.70. The highest BCUT2D eigenvalue weighted by Crippen LogP contribution is 2.28. The summed E-state index contributed by atoms with van der Waals surface area (Å²) in [7, 11) is 1.55. The smallest absolute Gasteiger partial charge is 0.249 e. The average molecular weight is 398 g/mol. The molecule has 0 bridgehead atoms. The van der Waals surface area contributed by atoms with Crippen LogP contribution in [-0.4, -0.2) is 33.7 Å². The van der Waals surface area contributed by atoms with Crippen molar-refractivity contribution in [3.8, 4) is 17.1 Å². The summed E-state index contributed by atoms with van der Waals surface area (Å²) in [6.07, 6.45) is -0.0355. The lowest BCUT2D eigenvalue weighted by molar-refractivity contribution is -0.125. The number of amides is 2. The number of nitrogens with one attached hydrogen (secondary N) is 2. The average Bonchev–Trinajstić information content (AvgIpc) is 3.11. The first-order valence-corrected chi connectivity index (χ1v) is 8.88. The van der Waals surface area contributed by atoms with Crippen molar-refractivity contribution in [3.63, 3.8) is 0 Å². The molecule has 1 unspecified atom stereocenters. The molecule has 0 spiro atoms. The third-order valence-electron chi connectivity index (χ3n) is 4.30. The molecule has 1 aliphatic rings. The number of rotatable bonds is 4. The van der Waals surface area contributed by atoms with E-state index in [4.69, 9.17) is 16.3 Å². The highest BCUT2D eigenvalue weighted by Gasteiger charge is 2.33. The van der Waals surface area contributed by atoms with Crippen LogP contribution in [0.4, 0.5) is 11.6 Å². The first-order valence-electron chi connectivity index (χ1n) is 8.51. The molecule has 2 aromatic carbocycles. The Morgan fingerprint density at radius 2 is 2.07 bits per heavy atom. The largest absolute Gasteiger partial charge is 0.497 e. The van der Waals surface area contributed by atoms with Gasteiger partial charge in [-0.05, 0) is 36.4 Å². The lowest BCUT2D eigenvalue weighted by Crippen LogP contribution is -2.36. The maximum absolute atomic E-state index is 12.8. The highest BCUT2D eigenvalue weighted by molar-refractivity contribution is 6.30. The first kappa shape index (κ1) is 18.0. The fraction of sp³-hybridized carbons (Fsp3) is 0.158. The molecule has 8 nitrogen and oxygen atoms in total. The number of ether oxygens (including phenoxy) is 1. The van der Waals surface area contributed by atoms with Gasteiger partial charge in [0.05, 0.1) is 13.5 Å². The molecule has 0 saturated carbocycles. The number of nitrogens with zero attached hydrogens (tertiary/aromatic N) is 3. The monoisotopic (exact) mass is 397 g/mol. The molecule has 1 aliphatic heterocycles. The van der Waals surface area contributed by atoms with Gasteiger partial charge in [0.15, 0.2) is 5.82 Å². The number of fused-ring (bicyclic) bond motifs is 1. The van der Waals surface area contributed by atoms with Crippen molar-refractivity contribution in [2.75, 3.05) is 17.7 Å². The minimum absolute atomic E-state index is 0.0355. The molecule has 0 radical (unpaired) electrons.